The molecule has 0 N–H and O–H groups in total. The first-order valence-electron chi connectivity index (χ1n) is 18.8. The fourth-order valence-electron chi connectivity index (χ4n) is 8.82. The van der Waals surface area contributed by atoms with Crippen LogP contribution in [0.25, 0.3) is 5.70 Å². The van der Waals surface area contributed by atoms with Crippen LogP contribution in [0.15, 0.2) is 144 Å². The summed E-state index contributed by atoms with van der Waals surface area (Å²) in [6.07, 6.45) is 12.0. The van der Waals surface area contributed by atoms with Crippen LogP contribution < -0.4 is 9.80 Å². The SMILES string of the molecule is Cc1ccc(N(C2=C3C=C(C(C)C)CC(C)C3C(C)(N(C3=CCC(C)C=C3)c3ccccc3)c3cc(C(C)C)ccc32)c2ccccc2)cc1. The van der Waals surface area contributed by atoms with Gasteiger partial charge in [-0.1, -0.05) is 138 Å². The van der Waals surface area contributed by atoms with Gasteiger partial charge in [0.15, 0.2) is 0 Å². The molecule has 7 rings (SSSR count). The summed E-state index contributed by atoms with van der Waals surface area (Å²) in [6, 6.07) is 38.7. The first kappa shape index (κ1) is 33.9. The van der Waals surface area contributed by atoms with E-state index in [2.05, 4.69) is 193 Å². The number of para-hydroxylation sites is 2. The van der Waals surface area contributed by atoms with Crippen molar-refractivity contribution in [2.45, 2.75) is 79.7 Å². The van der Waals surface area contributed by atoms with Gasteiger partial charge in [-0.3, -0.25) is 0 Å². The number of aryl methyl sites for hydroxylation is 1. The molecule has 0 amide bonds. The van der Waals surface area contributed by atoms with Crippen molar-refractivity contribution in [3.05, 3.63) is 167 Å². The van der Waals surface area contributed by atoms with Gasteiger partial charge in [0.25, 0.3) is 0 Å². The molecule has 0 fully saturated rings. The Morgan fingerprint density at radius 2 is 1.38 bits per heavy atom. The van der Waals surface area contributed by atoms with Gasteiger partial charge in [0, 0.05) is 34.2 Å². The maximum atomic E-state index is 2.71. The fourth-order valence-corrected chi connectivity index (χ4v) is 8.82. The highest BCUT2D eigenvalue weighted by Crippen LogP contribution is 2.59. The Bertz CT molecular complexity index is 1960. The molecule has 4 unspecified atom stereocenters. The molecule has 50 heavy (non-hydrogen) atoms. The second-order valence-corrected chi connectivity index (χ2v) is 15.8. The predicted octanol–water partition coefficient (Wildman–Crippen LogP) is 13.1. The van der Waals surface area contributed by atoms with Crippen molar-refractivity contribution in [3.8, 4) is 0 Å². The quantitative estimate of drug-likeness (QED) is 0.186. The standard InChI is InChI=1S/C48H54N2/c1-32(2)37-23-28-43-45(31-37)48(8,50(41-17-13-10-14-18-41)42-26-21-35(6)22-27-42)46-36(7)29-38(33(3)4)30-44(46)47(43)49(39-15-11-9-12-16-39)40-24-19-34(5)20-25-40/h9-21,23-28,30-33,35-36,46H,22,29H2,1-8H3. The highest BCUT2D eigenvalue weighted by molar-refractivity contribution is 5.94. The van der Waals surface area contributed by atoms with Gasteiger partial charge in [-0.2, -0.15) is 0 Å². The Hall–Kier alpha value is -4.56. The maximum Gasteiger partial charge on any atom is 0.0752 e. The van der Waals surface area contributed by atoms with Gasteiger partial charge in [0.05, 0.1) is 11.2 Å². The van der Waals surface area contributed by atoms with Crippen LogP contribution in [0.4, 0.5) is 17.1 Å². The van der Waals surface area contributed by atoms with Crippen molar-refractivity contribution in [1.82, 2.24) is 0 Å². The van der Waals surface area contributed by atoms with Crippen LogP contribution >= 0.6 is 0 Å². The first-order chi connectivity index (χ1) is 24.1. The number of nitrogens with zero attached hydrogens (tertiary/aromatic N) is 2. The minimum atomic E-state index is -0.370. The van der Waals surface area contributed by atoms with Gasteiger partial charge in [-0.25, -0.2) is 0 Å². The Morgan fingerprint density at radius 1 is 0.740 bits per heavy atom. The predicted molar refractivity (Wildman–Crippen MR) is 215 cm³/mol. The Morgan fingerprint density at radius 3 is 1.98 bits per heavy atom. The summed E-state index contributed by atoms with van der Waals surface area (Å²) in [7, 11) is 0. The summed E-state index contributed by atoms with van der Waals surface area (Å²) >= 11 is 0. The van der Waals surface area contributed by atoms with E-state index < -0.39 is 0 Å². The van der Waals surface area contributed by atoms with Crippen LogP contribution in [-0.2, 0) is 5.54 Å². The number of anilines is 3. The zero-order valence-corrected chi connectivity index (χ0v) is 31.3. The number of rotatable bonds is 8. The number of benzene rings is 4. The van der Waals surface area contributed by atoms with Crippen LogP contribution in [0.1, 0.15) is 89.5 Å². The van der Waals surface area contributed by atoms with E-state index in [1.165, 1.54) is 56.3 Å². The summed E-state index contributed by atoms with van der Waals surface area (Å²) in [6.45, 7) is 19.0. The largest absolute Gasteiger partial charge is 0.331 e. The lowest BCUT2D eigenvalue weighted by Crippen LogP contribution is -2.55. The third-order valence-corrected chi connectivity index (χ3v) is 11.5. The van der Waals surface area contributed by atoms with Crippen LogP contribution in [0.3, 0.4) is 0 Å². The molecular formula is C48H54N2. The van der Waals surface area contributed by atoms with Crippen LogP contribution in [0.2, 0.25) is 0 Å². The molecular weight excluding hydrogens is 605 g/mol. The highest BCUT2D eigenvalue weighted by Gasteiger charge is 2.53. The number of hydrogen-bond donors (Lipinski definition) is 0. The molecule has 4 aromatic rings. The summed E-state index contributed by atoms with van der Waals surface area (Å²) in [5.41, 5.74) is 14.2. The lowest BCUT2D eigenvalue weighted by atomic mass is 9.58. The van der Waals surface area contributed by atoms with Crippen LogP contribution in [0, 0.1) is 30.6 Å². The molecule has 4 atom stereocenters. The van der Waals surface area contributed by atoms with E-state index in [9.17, 15) is 0 Å². The normalized spacial score (nSPS) is 23.0. The summed E-state index contributed by atoms with van der Waals surface area (Å²) in [5.74, 6) is 2.06. The van der Waals surface area contributed by atoms with E-state index in [4.69, 9.17) is 0 Å². The Balaban J connectivity index is 1.61. The molecule has 2 heteroatoms. The van der Waals surface area contributed by atoms with E-state index in [0.717, 1.165) is 12.8 Å². The molecule has 256 valence electrons. The number of allylic oxidation sites excluding steroid dienone is 5. The van der Waals surface area contributed by atoms with Crippen LogP contribution in [0.5, 0.6) is 0 Å². The molecule has 0 saturated heterocycles. The smallest absolute Gasteiger partial charge is 0.0752 e. The lowest BCUT2D eigenvalue weighted by molar-refractivity contribution is 0.235. The van der Waals surface area contributed by atoms with Gasteiger partial charge >= 0.3 is 0 Å². The summed E-state index contributed by atoms with van der Waals surface area (Å²) < 4.78 is 0. The van der Waals surface area contributed by atoms with Gasteiger partial charge in [-0.15, -0.1) is 0 Å². The minimum Gasteiger partial charge on any atom is -0.331 e. The molecule has 0 saturated carbocycles. The van der Waals surface area contributed by atoms with Crippen LogP contribution in [-0.4, -0.2) is 0 Å². The van der Waals surface area contributed by atoms with Gasteiger partial charge in [-0.05, 0) is 110 Å². The number of fused-ring (bicyclic) bond motifs is 2. The molecule has 0 aliphatic heterocycles. The van der Waals surface area contributed by atoms with Gasteiger partial charge < -0.3 is 9.80 Å². The van der Waals surface area contributed by atoms with Crippen molar-refractivity contribution in [1.29, 1.82) is 0 Å². The molecule has 4 aromatic carbocycles. The third-order valence-electron chi connectivity index (χ3n) is 11.5. The lowest BCUT2D eigenvalue weighted by Gasteiger charge is -2.56. The molecule has 0 radical (unpaired) electrons. The molecule has 0 heterocycles. The van der Waals surface area contributed by atoms with Crippen molar-refractivity contribution in [2.75, 3.05) is 9.80 Å². The monoisotopic (exact) mass is 658 g/mol. The molecule has 3 aliphatic carbocycles. The molecule has 0 bridgehead atoms. The van der Waals surface area contributed by atoms with E-state index >= 15 is 0 Å². The van der Waals surface area contributed by atoms with Crippen molar-refractivity contribution in [2.24, 2.45) is 23.7 Å². The Kier molecular flexibility index (Phi) is 9.24. The fraction of sp³-hybridized carbons (Fsp3) is 0.333. The Labute approximate surface area is 301 Å². The molecule has 3 aliphatic rings. The maximum absolute atomic E-state index is 2.71. The van der Waals surface area contributed by atoms with Crippen molar-refractivity contribution >= 4 is 22.8 Å². The van der Waals surface area contributed by atoms with Gasteiger partial charge in [0.1, 0.15) is 0 Å². The molecule has 0 aromatic heterocycles. The summed E-state index contributed by atoms with van der Waals surface area (Å²) in [4.78, 5) is 5.26. The van der Waals surface area contributed by atoms with Crippen molar-refractivity contribution < 1.29 is 0 Å². The van der Waals surface area contributed by atoms with E-state index in [-0.39, 0.29) is 11.5 Å². The first-order valence-corrected chi connectivity index (χ1v) is 18.8. The van der Waals surface area contributed by atoms with E-state index in [1.54, 1.807) is 5.57 Å². The van der Waals surface area contributed by atoms with Gasteiger partial charge in [0.2, 0.25) is 0 Å². The molecule has 2 nitrogen and oxygen atoms in total. The zero-order valence-electron chi connectivity index (χ0n) is 31.3. The van der Waals surface area contributed by atoms with Crippen molar-refractivity contribution in [3.63, 3.8) is 0 Å². The molecule has 0 spiro atoms. The van der Waals surface area contributed by atoms with E-state index in [0.29, 0.717) is 23.7 Å². The minimum absolute atomic E-state index is 0.223. The van der Waals surface area contributed by atoms with E-state index in [1.807, 2.05) is 0 Å². The summed E-state index contributed by atoms with van der Waals surface area (Å²) in [5, 5.41) is 0. The highest BCUT2D eigenvalue weighted by atomic mass is 15.2. The number of hydrogen-bond acceptors (Lipinski definition) is 2. The topological polar surface area (TPSA) is 6.48 Å². The average molecular weight is 659 g/mol. The third kappa shape index (κ3) is 5.97. The zero-order chi connectivity index (χ0) is 35.2. The second-order valence-electron chi connectivity index (χ2n) is 15.8. The average Bonchev–Trinajstić information content (AvgIpc) is 3.12. The second kappa shape index (κ2) is 13.6.